The number of amides is 2. The highest BCUT2D eigenvalue weighted by molar-refractivity contribution is 6.42. The average molecular weight is 433 g/mol. The molecule has 5 nitrogen and oxygen atoms in total. The van der Waals surface area contributed by atoms with E-state index in [1.165, 1.54) is 47.8 Å². The van der Waals surface area contributed by atoms with Crippen molar-refractivity contribution in [2.45, 2.75) is 17.9 Å². The minimum absolute atomic E-state index is 0.0217. The Bertz CT molecular complexity index is 924. The SMILES string of the molecule is O=C1N[C@H](c2ccc(Cl)c(Cl)c2)[C@@H](C(=O)c2ccccc2)[C@](O)(C(F)(F)F)N1. The van der Waals surface area contributed by atoms with E-state index in [0.29, 0.717) is 0 Å². The maximum atomic E-state index is 13.8. The van der Waals surface area contributed by atoms with Gasteiger partial charge < -0.3 is 15.7 Å². The van der Waals surface area contributed by atoms with E-state index in [1.807, 2.05) is 0 Å². The molecule has 3 atom stereocenters. The van der Waals surface area contributed by atoms with E-state index >= 15 is 0 Å². The third-order valence-corrected chi connectivity index (χ3v) is 5.19. The Morgan fingerprint density at radius 1 is 1.07 bits per heavy atom. The van der Waals surface area contributed by atoms with Crippen molar-refractivity contribution in [1.82, 2.24) is 10.6 Å². The number of urea groups is 1. The second-order valence-corrected chi connectivity index (χ2v) is 7.04. The van der Waals surface area contributed by atoms with E-state index in [9.17, 15) is 27.9 Å². The fourth-order valence-corrected chi connectivity index (χ4v) is 3.41. The van der Waals surface area contributed by atoms with Crippen molar-refractivity contribution in [2.75, 3.05) is 0 Å². The molecule has 1 aliphatic heterocycles. The van der Waals surface area contributed by atoms with Crippen LogP contribution in [0.15, 0.2) is 48.5 Å². The van der Waals surface area contributed by atoms with Crippen LogP contribution in [-0.2, 0) is 0 Å². The van der Waals surface area contributed by atoms with Gasteiger partial charge in [-0.2, -0.15) is 13.2 Å². The normalized spacial score (nSPS) is 25.0. The molecule has 2 aromatic rings. The van der Waals surface area contributed by atoms with Crippen molar-refractivity contribution >= 4 is 35.0 Å². The lowest BCUT2D eigenvalue weighted by atomic mass is 9.77. The number of rotatable bonds is 3. The molecule has 0 radical (unpaired) electrons. The van der Waals surface area contributed by atoms with Crippen LogP contribution in [0.2, 0.25) is 10.0 Å². The summed E-state index contributed by atoms with van der Waals surface area (Å²) < 4.78 is 41.3. The molecule has 3 N–H and O–H groups in total. The van der Waals surface area contributed by atoms with Gasteiger partial charge in [-0.1, -0.05) is 59.6 Å². The Morgan fingerprint density at radius 3 is 2.29 bits per heavy atom. The van der Waals surface area contributed by atoms with Crippen molar-refractivity contribution < 1.29 is 27.9 Å². The molecule has 0 aromatic heterocycles. The molecule has 10 heteroatoms. The summed E-state index contributed by atoms with van der Waals surface area (Å²) in [6, 6.07) is 8.27. The van der Waals surface area contributed by atoms with Gasteiger partial charge in [0.15, 0.2) is 5.78 Å². The van der Waals surface area contributed by atoms with E-state index in [-0.39, 0.29) is 21.2 Å². The zero-order valence-corrected chi connectivity index (χ0v) is 15.4. The van der Waals surface area contributed by atoms with Crippen molar-refractivity contribution in [3.8, 4) is 0 Å². The maximum Gasteiger partial charge on any atom is 0.437 e. The number of carbonyl (C=O) groups excluding carboxylic acids is 2. The first-order valence-electron chi connectivity index (χ1n) is 7.96. The van der Waals surface area contributed by atoms with Gasteiger partial charge in [-0.15, -0.1) is 0 Å². The van der Waals surface area contributed by atoms with E-state index < -0.39 is 35.7 Å². The largest absolute Gasteiger partial charge is 0.437 e. The Labute approximate surface area is 167 Å². The predicted octanol–water partition coefficient (Wildman–Crippen LogP) is 4.10. The van der Waals surface area contributed by atoms with Gasteiger partial charge in [-0.3, -0.25) is 4.79 Å². The number of benzene rings is 2. The second kappa shape index (κ2) is 7.27. The van der Waals surface area contributed by atoms with Crippen LogP contribution < -0.4 is 10.6 Å². The Balaban J connectivity index is 2.18. The Morgan fingerprint density at radius 2 is 1.71 bits per heavy atom. The van der Waals surface area contributed by atoms with Crippen molar-refractivity contribution in [3.63, 3.8) is 0 Å². The summed E-state index contributed by atoms with van der Waals surface area (Å²) in [5.41, 5.74) is -3.77. The van der Waals surface area contributed by atoms with Gasteiger partial charge in [-0.05, 0) is 17.7 Å². The number of halogens is 5. The topological polar surface area (TPSA) is 78.4 Å². The van der Waals surface area contributed by atoms with Crippen LogP contribution in [-0.4, -0.2) is 28.8 Å². The van der Waals surface area contributed by atoms with Crippen LogP contribution in [0.5, 0.6) is 0 Å². The monoisotopic (exact) mass is 432 g/mol. The first kappa shape index (κ1) is 20.4. The number of carbonyl (C=O) groups is 2. The molecule has 1 fully saturated rings. The van der Waals surface area contributed by atoms with Gasteiger partial charge in [0.1, 0.15) is 5.92 Å². The standard InChI is InChI=1S/C18H13Cl2F3N2O3/c19-11-7-6-10(8-12(11)20)14-13(15(26)9-4-2-1-3-5-9)17(28,18(21,22)23)25-16(27)24-14/h1-8,13-14,28H,(H2,24,25,27)/t13-,14+,17-/m0/s1. The summed E-state index contributed by atoms with van der Waals surface area (Å²) in [6.07, 6.45) is -5.33. The molecule has 0 spiro atoms. The van der Waals surface area contributed by atoms with Crippen LogP contribution in [0.4, 0.5) is 18.0 Å². The minimum Gasteiger partial charge on any atom is -0.363 e. The molecule has 1 heterocycles. The highest BCUT2D eigenvalue weighted by atomic mass is 35.5. The molecular weight excluding hydrogens is 420 g/mol. The van der Waals surface area contributed by atoms with E-state index in [4.69, 9.17) is 23.2 Å². The molecule has 2 aromatic carbocycles. The van der Waals surface area contributed by atoms with E-state index in [2.05, 4.69) is 5.32 Å². The van der Waals surface area contributed by atoms with Gasteiger partial charge in [0.05, 0.1) is 16.1 Å². The molecule has 0 saturated carbocycles. The molecule has 28 heavy (non-hydrogen) atoms. The maximum absolute atomic E-state index is 13.8. The van der Waals surface area contributed by atoms with Gasteiger partial charge in [0.25, 0.3) is 0 Å². The first-order chi connectivity index (χ1) is 13.0. The number of hydrogen-bond acceptors (Lipinski definition) is 3. The molecule has 148 valence electrons. The van der Waals surface area contributed by atoms with E-state index in [1.54, 1.807) is 6.07 Å². The van der Waals surface area contributed by atoms with Crippen LogP contribution in [0, 0.1) is 5.92 Å². The molecule has 3 rings (SSSR count). The number of ketones is 1. The molecular formula is C18H13Cl2F3N2O3. The number of aliphatic hydroxyl groups is 1. The number of nitrogens with one attached hydrogen (secondary N) is 2. The van der Waals surface area contributed by atoms with E-state index in [0.717, 1.165) is 0 Å². The van der Waals surface area contributed by atoms with Gasteiger partial charge in [-0.25, -0.2) is 4.79 Å². The highest BCUT2D eigenvalue weighted by Crippen LogP contribution is 2.44. The molecule has 0 bridgehead atoms. The van der Waals surface area contributed by atoms with Gasteiger partial charge in [0.2, 0.25) is 5.72 Å². The van der Waals surface area contributed by atoms with Crippen LogP contribution in [0.25, 0.3) is 0 Å². The smallest absolute Gasteiger partial charge is 0.363 e. The van der Waals surface area contributed by atoms with Crippen LogP contribution in [0.3, 0.4) is 0 Å². The quantitative estimate of drug-likeness (QED) is 0.638. The summed E-state index contributed by atoms with van der Waals surface area (Å²) in [5.74, 6) is -3.13. The van der Waals surface area contributed by atoms with Gasteiger partial charge >= 0.3 is 12.2 Å². The summed E-state index contributed by atoms with van der Waals surface area (Å²) >= 11 is 11.8. The highest BCUT2D eigenvalue weighted by Gasteiger charge is 2.66. The third kappa shape index (κ3) is 3.55. The fourth-order valence-electron chi connectivity index (χ4n) is 3.10. The Kier molecular flexibility index (Phi) is 5.31. The second-order valence-electron chi connectivity index (χ2n) is 6.22. The van der Waals surface area contributed by atoms with Crippen molar-refractivity contribution in [1.29, 1.82) is 0 Å². The molecule has 1 saturated heterocycles. The zero-order valence-electron chi connectivity index (χ0n) is 13.9. The van der Waals surface area contributed by atoms with Crippen molar-refractivity contribution in [2.24, 2.45) is 5.92 Å². The summed E-state index contributed by atoms with van der Waals surface area (Å²) in [5, 5.41) is 14.3. The number of alkyl halides is 3. The number of Topliss-reactive ketones (excluding diaryl/α,β-unsaturated/α-hetero) is 1. The summed E-state index contributed by atoms with van der Waals surface area (Å²) in [7, 11) is 0. The third-order valence-electron chi connectivity index (χ3n) is 4.45. The van der Waals surface area contributed by atoms with Gasteiger partial charge in [0, 0.05) is 5.56 Å². The average Bonchev–Trinajstić information content (AvgIpc) is 2.63. The van der Waals surface area contributed by atoms with Crippen molar-refractivity contribution in [3.05, 3.63) is 69.7 Å². The molecule has 1 aliphatic rings. The minimum atomic E-state index is -5.33. The fraction of sp³-hybridized carbons (Fsp3) is 0.222. The summed E-state index contributed by atoms with van der Waals surface area (Å²) in [4.78, 5) is 24.9. The summed E-state index contributed by atoms with van der Waals surface area (Å²) in [6.45, 7) is 0. The lowest BCUT2D eigenvalue weighted by Crippen LogP contribution is -2.72. The Hall–Kier alpha value is -2.29. The van der Waals surface area contributed by atoms with Crippen LogP contribution in [0.1, 0.15) is 22.0 Å². The zero-order chi connectivity index (χ0) is 20.7. The first-order valence-corrected chi connectivity index (χ1v) is 8.72. The van der Waals surface area contributed by atoms with Crippen LogP contribution >= 0.6 is 23.2 Å². The molecule has 0 aliphatic carbocycles. The lowest BCUT2D eigenvalue weighted by molar-refractivity contribution is -0.287. The predicted molar refractivity (Wildman–Crippen MR) is 96.1 cm³/mol. The molecule has 2 amide bonds. The molecule has 0 unspecified atom stereocenters. The lowest BCUT2D eigenvalue weighted by Gasteiger charge is -2.45. The number of hydrogen-bond donors (Lipinski definition) is 3.